The summed E-state index contributed by atoms with van der Waals surface area (Å²) in [6.45, 7) is 2.72. The average molecular weight is 337 g/mol. The number of aromatic nitrogens is 1. The van der Waals surface area contributed by atoms with E-state index in [4.69, 9.17) is 9.47 Å². The molecular weight excluding hydrogens is 320 g/mol. The van der Waals surface area contributed by atoms with Crippen LogP contribution in [0.25, 0.3) is 0 Å². The second kappa shape index (κ2) is 6.61. The number of benzene rings is 1. The molecular formula is C15H17BrN2O2. The van der Waals surface area contributed by atoms with Crippen LogP contribution in [0.5, 0.6) is 11.6 Å². The van der Waals surface area contributed by atoms with Gasteiger partial charge in [-0.1, -0.05) is 22.0 Å². The number of halogens is 1. The second-order valence-corrected chi connectivity index (χ2v) is 5.28. The molecule has 0 amide bonds. The van der Waals surface area contributed by atoms with Crippen LogP contribution in [0.15, 0.2) is 34.9 Å². The summed E-state index contributed by atoms with van der Waals surface area (Å²) in [5, 5.41) is 3.39. The number of rotatable bonds is 5. The SMILES string of the molecule is COc1ccc(CNc2c(C)cc(Br)cc2OC)cn1. The Balaban J connectivity index is 2.13. The van der Waals surface area contributed by atoms with Gasteiger partial charge in [-0.05, 0) is 30.2 Å². The Bertz CT molecular complexity index is 585. The zero-order valence-corrected chi connectivity index (χ0v) is 13.3. The number of aryl methyl sites for hydroxylation is 1. The van der Waals surface area contributed by atoms with Crippen LogP contribution in [0.2, 0.25) is 0 Å². The summed E-state index contributed by atoms with van der Waals surface area (Å²) in [7, 11) is 3.28. The lowest BCUT2D eigenvalue weighted by Gasteiger charge is -2.14. The predicted octanol–water partition coefficient (Wildman–Crippen LogP) is 3.78. The second-order valence-electron chi connectivity index (χ2n) is 4.36. The molecule has 0 aliphatic heterocycles. The van der Waals surface area contributed by atoms with Crippen molar-refractivity contribution in [1.82, 2.24) is 4.98 Å². The fraction of sp³-hybridized carbons (Fsp3) is 0.267. The molecule has 1 aromatic carbocycles. The van der Waals surface area contributed by atoms with Crippen molar-refractivity contribution >= 4 is 21.6 Å². The lowest BCUT2D eigenvalue weighted by Crippen LogP contribution is -2.04. The molecule has 0 spiro atoms. The highest BCUT2D eigenvalue weighted by molar-refractivity contribution is 9.10. The largest absolute Gasteiger partial charge is 0.495 e. The number of nitrogens with one attached hydrogen (secondary N) is 1. The van der Waals surface area contributed by atoms with E-state index in [9.17, 15) is 0 Å². The maximum atomic E-state index is 5.40. The monoisotopic (exact) mass is 336 g/mol. The fourth-order valence-corrected chi connectivity index (χ4v) is 2.48. The predicted molar refractivity (Wildman–Crippen MR) is 83.5 cm³/mol. The minimum absolute atomic E-state index is 0.617. The Morgan fingerprint density at radius 2 is 2.00 bits per heavy atom. The van der Waals surface area contributed by atoms with Crippen LogP contribution in [0.4, 0.5) is 5.69 Å². The van der Waals surface area contributed by atoms with Crippen LogP contribution < -0.4 is 14.8 Å². The normalized spacial score (nSPS) is 10.2. The van der Waals surface area contributed by atoms with Gasteiger partial charge < -0.3 is 14.8 Å². The van der Waals surface area contributed by atoms with Crippen LogP contribution in [-0.2, 0) is 6.54 Å². The summed E-state index contributed by atoms with van der Waals surface area (Å²) in [4.78, 5) is 4.19. The van der Waals surface area contributed by atoms with Gasteiger partial charge in [0, 0.05) is 23.3 Å². The Morgan fingerprint density at radius 1 is 1.20 bits per heavy atom. The Kier molecular flexibility index (Phi) is 4.84. The minimum Gasteiger partial charge on any atom is -0.495 e. The number of hydrogen-bond donors (Lipinski definition) is 1. The first kappa shape index (κ1) is 14.7. The minimum atomic E-state index is 0.617. The van der Waals surface area contributed by atoms with Gasteiger partial charge in [0.25, 0.3) is 0 Å². The van der Waals surface area contributed by atoms with Gasteiger partial charge >= 0.3 is 0 Å². The van der Waals surface area contributed by atoms with E-state index in [-0.39, 0.29) is 0 Å². The molecule has 106 valence electrons. The van der Waals surface area contributed by atoms with Crippen molar-refractivity contribution in [2.75, 3.05) is 19.5 Å². The number of ether oxygens (including phenoxy) is 2. The molecule has 1 aromatic heterocycles. The third kappa shape index (κ3) is 3.42. The maximum absolute atomic E-state index is 5.40. The van der Waals surface area contributed by atoms with Gasteiger partial charge in [-0.25, -0.2) is 4.98 Å². The summed E-state index contributed by atoms with van der Waals surface area (Å²) in [6.07, 6.45) is 1.80. The molecule has 2 rings (SSSR count). The highest BCUT2D eigenvalue weighted by Gasteiger charge is 2.08. The van der Waals surface area contributed by atoms with Crippen molar-refractivity contribution in [2.45, 2.75) is 13.5 Å². The smallest absolute Gasteiger partial charge is 0.212 e. The molecule has 0 aliphatic carbocycles. The van der Waals surface area contributed by atoms with Gasteiger partial charge in [-0.15, -0.1) is 0 Å². The van der Waals surface area contributed by atoms with Gasteiger partial charge in [0.05, 0.1) is 19.9 Å². The molecule has 0 fully saturated rings. The van der Waals surface area contributed by atoms with Gasteiger partial charge in [-0.3, -0.25) is 0 Å². The van der Waals surface area contributed by atoms with Gasteiger partial charge in [0.15, 0.2) is 0 Å². The molecule has 0 saturated carbocycles. The molecule has 0 aliphatic rings. The lowest BCUT2D eigenvalue weighted by atomic mass is 10.1. The topological polar surface area (TPSA) is 43.4 Å². The molecule has 1 N–H and O–H groups in total. The van der Waals surface area contributed by atoms with Crippen LogP contribution in [0, 0.1) is 6.92 Å². The standard InChI is InChI=1S/C15H17BrN2O2/c1-10-6-12(16)7-13(19-2)15(10)18-9-11-4-5-14(20-3)17-8-11/h4-8,18H,9H2,1-3H3. The van der Waals surface area contributed by atoms with Crippen molar-refractivity contribution < 1.29 is 9.47 Å². The Hall–Kier alpha value is -1.75. The van der Waals surface area contributed by atoms with Crippen molar-refractivity contribution in [3.8, 4) is 11.6 Å². The highest BCUT2D eigenvalue weighted by atomic mass is 79.9. The van der Waals surface area contributed by atoms with Gasteiger partial charge in [-0.2, -0.15) is 0 Å². The molecule has 1 heterocycles. The Labute approximate surface area is 127 Å². The summed E-state index contributed by atoms with van der Waals surface area (Å²) in [6, 6.07) is 7.83. The third-order valence-corrected chi connectivity index (χ3v) is 3.42. The molecule has 0 atom stereocenters. The zero-order chi connectivity index (χ0) is 14.5. The number of nitrogens with zero attached hydrogens (tertiary/aromatic N) is 1. The zero-order valence-electron chi connectivity index (χ0n) is 11.7. The quantitative estimate of drug-likeness (QED) is 0.902. The molecule has 0 bridgehead atoms. The summed E-state index contributed by atoms with van der Waals surface area (Å²) in [5.41, 5.74) is 3.19. The van der Waals surface area contributed by atoms with E-state index < -0.39 is 0 Å². The van der Waals surface area contributed by atoms with E-state index in [0.29, 0.717) is 12.4 Å². The van der Waals surface area contributed by atoms with Crippen molar-refractivity contribution in [1.29, 1.82) is 0 Å². The maximum Gasteiger partial charge on any atom is 0.212 e. The number of anilines is 1. The molecule has 20 heavy (non-hydrogen) atoms. The summed E-state index contributed by atoms with van der Waals surface area (Å²) in [5.74, 6) is 1.43. The number of methoxy groups -OCH3 is 2. The first-order chi connectivity index (χ1) is 9.63. The van der Waals surface area contributed by atoms with E-state index in [2.05, 4.69) is 32.3 Å². The summed E-state index contributed by atoms with van der Waals surface area (Å²) >= 11 is 3.47. The van der Waals surface area contributed by atoms with Crippen LogP contribution in [-0.4, -0.2) is 19.2 Å². The van der Waals surface area contributed by atoms with Crippen molar-refractivity contribution in [3.63, 3.8) is 0 Å². The molecule has 5 heteroatoms. The van der Waals surface area contributed by atoms with E-state index in [1.807, 2.05) is 25.1 Å². The van der Waals surface area contributed by atoms with Crippen LogP contribution in [0.1, 0.15) is 11.1 Å². The third-order valence-electron chi connectivity index (χ3n) is 2.96. The highest BCUT2D eigenvalue weighted by Crippen LogP contribution is 2.32. The molecule has 0 saturated heterocycles. The Morgan fingerprint density at radius 3 is 2.60 bits per heavy atom. The van der Waals surface area contributed by atoms with Crippen molar-refractivity contribution in [2.24, 2.45) is 0 Å². The van der Waals surface area contributed by atoms with E-state index in [0.717, 1.165) is 27.0 Å². The van der Waals surface area contributed by atoms with Crippen LogP contribution in [0.3, 0.4) is 0 Å². The van der Waals surface area contributed by atoms with Gasteiger partial charge in [0.2, 0.25) is 5.88 Å². The van der Waals surface area contributed by atoms with E-state index in [1.54, 1.807) is 20.4 Å². The van der Waals surface area contributed by atoms with E-state index in [1.165, 1.54) is 0 Å². The first-order valence-corrected chi connectivity index (χ1v) is 7.00. The van der Waals surface area contributed by atoms with E-state index >= 15 is 0 Å². The molecule has 4 nitrogen and oxygen atoms in total. The number of pyridine rings is 1. The van der Waals surface area contributed by atoms with Crippen LogP contribution >= 0.6 is 15.9 Å². The lowest BCUT2D eigenvalue weighted by molar-refractivity contribution is 0.397. The molecule has 0 radical (unpaired) electrons. The molecule has 0 unspecified atom stereocenters. The first-order valence-electron chi connectivity index (χ1n) is 6.21. The number of hydrogen-bond acceptors (Lipinski definition) is 4. The van der Waals surface area contributed by atoms with Crippen molar-refractivity contribution in [3.05, 3.63) is 46.1 Å². The average Bonchev–Trinajstić information content (AvgIpc) is 2.46. The fourth-order valence-electron chi connectivity index (χ4n) is 1.93. The summed E-state index contributed by atoms with van der Waals surface area (Å²) < 4.78 is 11.5. The van der Waals surface area contributed by atoms with Gasteiger partial charge in [0.1, 0.15) is 5.75 Å². The molecule has 2 aromatic rings.